The predicted octanol–water partition coefficient (Wildman–Crippen LogP) is 6.49. The zero-order valence-electron chi connectivity index (χ0n) is 16.6. The maximum atomic E-state index is 14.1. The third kappa shape index (κ3) is 3.95. The second-order valence-electron chi connectivity index (χ2n) is 7.43. The molecule has 34 heavy (non-hydrogen) atoms. The van der Waals surface area contributed by atoms with Crippen molar-refractivity contribution in [3.8, 4) is 0 Å². The normalized spacial score (nSPS) is 20.2. The number of halogens is 16. The summed E-state index contributed by atoms with van der Waals surface area (Å²) in [6, 6.07) is -1.30. The van der Waals surface area contributed by atoms with Gasteiger partial charge < -0.3 is 4.90 Å². The molecule has 1 saturated heterocycles. The highest BCUT2D eigenvalue weighted by atomic mass is 19.4. The summed E-state index contributed by atoms with van der Waals surface area (Å²) in [5.41, 5.74) is 0. The number of carbonyl (C=O) groups excluding carboxylic acids is 1. The zero-order valence-corrected chi connectivity index (χ0v) is 16.6. The van der Waals surface area contributed by atoms with E-state index >= 15 is 0 Å². The van der Waals surface area contributed by atoms with Crippen molar-refractivity contribution in [1.29, 1.82) is 0 Å². The van der Waals surface area contributed by atoms with Crippen molar-refractivity contribution in [2.45, 2.75) is 86.5 Å². The molecule has 0 N–H and O–H groups in total. The van der Waals surface area contributed by atoms with Crippen LogP contribution in [0.15, 0.2) is 0 Å². The predicted molar refractivity (Wildman–Crippen MR) is 80.3 cm³/mol. The van der Waals surface area contributed by atoms with Gasteiger partial charge in [-0.25, -0.2) is 8.78 Å². The van der Waals surface area contributed by atoms with E-state index in [-0.39, 0.29) is 30.6 Å². The van der Waals surface area contributed by atoms with Crippen molar-refractivity contribution >= 4 is 5.91 Å². The van der Waals surface area contributed by atoms with Crippen LogP contribution in [0.2, 0.25) is 0 Å². The molecule has 0 saturated carbocycles. The molecule has 202 valence electrons. The van der Waals surface area contributed by atoms with Gasteiger partial charge in [0, 0.05) is 12.6 Å². The molecule has 1 aliphatic heterocycles. The minimum Gasteiger partial charge on any atom is -0.334 e. The van der Waals surface area contributed by atoms with Crippen molar-refractivity contribution in [2.75, 3.05) is 6.54 Å². The number of alkyl halides is 16. The largest absolute Gasteiger partial charge is 0.392 e. The molecule has 18 heteroatoms. The smallest absolute Gasteiger partial charge is 0.334 e. The summed E-state index contributed by atoms with van der Waals surface area (Å²) < 4.78 is 214. The van der Waals surface area contributed by atoms with Gasteiger partial charge in [-0.1, -0.05) is 6.92 Å². The highest BCUT2D eigenvalue weighted by Crippen LogP contribution is 2.63. The van der Waals surface area contributed by atoms with E-state index in [4.69, 9.17) is 0 Å². The first-order valence-corrected chi connectivity index (χ1v) is 9.15. The molecule has 1 unspecified atom stereocenters. The van der Waals surface area contributed by atoms with Crippen LogP contribution in [0, 0.1) is 0 Å². The average molecular weight is 541 g/mol. The molecule has 2 nitrogen and oxygen atoms in total. The highest BCUT2D eigenvalue weighted by Gasteiger charge is 2.94. The number of hydrogen-bond acceptors (Lipinski definition) is 1. The van der Waals surface area contributed by atoms with Crippen molar-refractivity contribution in [3.05, 3.63) is 0 Å². The average Bonchev–Trinajstić information content (AvgIpc) is 2.71. The molecule has 1 atom stereocenters. The van der Waals surface area contributed by atoms with Gasteiger partial charge in [0.2, 0.25) is 0 Å². The molecular formula is C16H15F16NO. The summed E-state index contributed by atoms with van der Waals surface area (Å²) in [6.45, 7) is 0.445. The number of hydrogen-bond donors (Lipinski definition) is 0. The van der Waals surface area contributed by atoms with Gasteiger partial charge in [-0.15, -0.1) is 0 Å². The zero-order chi connectivity index (χ0) is 27.3. The number of nitrogens with zero attached hydrogens (tertiary/aromatic N) is 1. The van der Waals surface area contributed by atoms with Crippen LogP contribution in [0.25, 0.3) is 0 Å². The first-order chi connectivity index (χ1) is 14.9. The second-order valence-corrected chi connectivity index (χ2v) is 7.43. The quantitative estimate of drug-likeness (QED) is 0.306. The minimum atomic E-state index is -8.50. The van der Waals surface area contributed by atoms with Gasteiger partial charge in [-0.3, -0.25) is 4.79 Å². The van der Waals surface area contributed by atoms with Crippen LogP contribution < -0.4 is 0 Å². The molecule has 1 heterocycles. The third-order valence-electron chi connectivity index (χ3n) is 5.29. The summed E-state index contributed by atoms with van der Waals surface area (Å²) in [4.78, 5) is 11.7. The van der Waals surface area contributed by atoms with Crippen LogP contribution in [0.5, 0.6) is 0 Å². The SMILES string of the molecule is CCC1CCCCN1C(=O)C(F)(F)C(F)(F)C(F)(F)C(F)(F)C(F)(F)C(F)(F)C(F)(F)C(F)F. The van der Waals surface area contributed by atoms with Gasteiger partial charge in [0.1, 0.15) is 0 Å². The lowest BCUT2D eigenvalue weighted by molar-refractivity contribution is -0.444. The van der Waals surface area contributed by atoms with Crippen molar-refractivity contribution in [1.82, 2.24) is 4.90 Å². The maximum Gasteiger partial charge on any atom is 0.392 e. The van der Waals surface area contributed by atoms with Gasteiger partial charge in [-0.05, 0) is 25.7 Å². The highest BCUT2D eigenvalue weighted by molar-refractivity contribution is 5.85. The summed E-state index contributed by atoms with van der Waals surface area (Å²) in [6.07, 6.45) is -6.18. The van der Waals surface area contributed by atoms with Crippen molar-refractivity contribution in [3.63, 3.8) is 0 Å². The molecular weight excluding hydrogens is 526 g/mol. The molecule has 0 spiro atoms. The van der Waals surface area contributed by atoms with E-state index in [1.54, 1.807) is 0 Å². The Balaban J connectivity index is 3.58. The molecule has 1 amide bonds. The van der Waals surface area contributed by atoms with Gasteiger partial charge >= 0.3 is 47.9 Å². The maximum absolute atomic E-state index is 14.1. The van der Waals surface area contributed by atoms with Crippen molar-refractivity contribution < 1.29 is 75.0 Å². The standard InChI is InChI=1S/C16H15F16NO/c1-2-7-5-3-4-6-33(7)9(34)11(21,22)13(25,26)15(29,30)16(31,32)14(27,28)12(23,24)10(19,20)8(17)18/h7-8H,2-6H2,1H3. The van der Waals surface area contributed by atoms with E-state index in [1.807, 2.05) is 0 Å². The van der Waals surface area contributed by atoms with E-state index in [0.717, 1.165) is 0 Å². The number of amides is 1. The van der Waals surface area contributed by atoms with Crippen molar-refractivity contribution in [2.24, 2.45) is 0 Å². The van der Waals surface area contributed by atoms with E-state index < -0.39 is 66.4 Å². The topological polar surface area (TPSA) is 20.3 Å². The molecule has 0 aromatic heterocycles. The second kappa shape index (κ2) is 8.78. The Hall–Kier alpha value is -1.65. The van der Waals surface area contributed by atoms with Gasteiger partial charge in [0.15, 0.2) is 0 Å². The monoisotopic (exact) mass is 541 g/mol. The van der Waals surface area contributed by atoms with Crippen LogP contribution in [0.1, 0.15) is 32.6 Å². The van der Waals surface area contributed by atoms with E-state index in [9.17, 15) is 75.0 Å². The van der Waals surface area contributed by atoms with Crippen LogP contribution >= 0.6 is 0 Å². The number of carbonyl (C=O) groups is 1. The fourth-order valence-corrected chi connectivity index (χ4v) is 3.14. The Kier molecular flexibility index (Phi) is 7.85. The molecule has 1 fully saturated rings. The Morgan fingerprint density at radius 1 is 0.735 bits per heavy atom. The minimum absolute atomic E-state index is 0.122. The van der Waals surface area contributed by atoms with Crippen LogP contribution in [0.3, 0.4) is 0 Å². The summed E-state index contributed by atoms with van der Waals surface area (Å²) in [5.74, 6) is -59.0. The lowest BCUT2D eigenvalue weighted by atomic mass is 9.88. The molecule has 1 aliphatic rings. The molecule has 0 aliphatic carbocycles. The Bertz CT molecular complexity index is 749. The van der Waals surface area contributed by atoms with E-state index in [2.05, 4.69) is 0 Å². The third-order valence-corrected chi connectivity index (χ3v) is 5.29. The first kappa shape index (κ1) is 30.4. The number of rotatable bonds is 9. The number of likely N-dealkylation sites (tertiary alicyclic amines) is 1. The van der Waals surface area contributed by atoms with Crippen LogP contribution in [-0.2, 0) is 4.79 Å². The molecule has 0 aromatic carbocycles. The Labute approximate surface area is 180 Å². The Morgan fingerprint density at radius 3 is 1.56 bits per heavy atom. The molecule has 0 aromatic rings. The van der Waals surface area contributed by atoms with Crippen LogP contribution in [0.4, 0.5) is 70.2 Å². The summed E-state index contributed by atoms with van der Waals surface area (Å²) >= 11 is 0. The Morgan fingerprint density at radius 2 is 1.15 bits per heavy atom. The van der Waals surface area contributed by atoms with E-state index in [0.29, 0.717) is 0 Å². The summed E-state index contributed by atoms with van der Waals surface area (Å²) in [5, 5.41) is 0. The lowest BCUT2D eigenvalue weighted by Crippen LogP contribution is -2.75. The number of piperidine rings is 1. The molecule has 0 bridgehead atoms. The first-order valence-electron chi connectivity index (χ1n) is 9.15. The van der Waals surface area contributed by atoms with Gasteiger partial charge in [0.05, 0.1) is 0 Å². The fraction of sp³-hybridized carbons (Fsp3) is 0.938. The van der Waals surface area contributed by atoms with Gasteiger partial charge in [-0.2, -0.15) is 61.5 Å². The molecule has 1 rings (SSSR count). The van der Waals surface area contributed by atoms with Crippen LogP contribution in [-0.4, -0.2) is 71.3 Å². The van der Waals surface area contributed by atoms with E-state index in [1.165, 1.54) is 6.92 Å². The van der Waals surface area contributed by atoms with Gasteiger partial charge in [0.25, 0.3) is 5.91 Å². The lowest BCUT2D eigenvalue weighted by Gasteiger charge is -2.43. The summed E-state index contributed by atoms with van der Waals surface area (Å²) in [7, 11) is 0. The molecule has 0 radical (unpaired) electrons. The fourth-order valence-electron chi connectivity index (χ4n) is 3.14.